The number of amides is 1. The molecule has 0 saturated heterocycles. The second-order valence-corrected chi connectivity index (χ2v) is 13.8. The highest BCUT2D eigenvalue weighted by atomic mass is 35.5. The Balaban J connectivity index is 1.35. The van der Waals surface area contributed by atoms with E-state index in [1.165, 1.54) is 5.56 Å². The average Bonchev–Trinajstić information content (AvgIpc) is 3.90. The quantitative estimate of drug-likeness (QED) is 0.114. The summed E-state index contributed by atoms with van der Waals surface area (Å²) in [6.07, 6.45) is 7.53. The number of benzene rings is 3. The van der Waals surface area contributed by atoms with Crippen LogP contribution in [0, 0.1) is 12.8 Å². The third-order valence-corrected chi connectivity index (χ3v) is 9.26. The van der Waals surface area contributed by atoms with E-state index in [2.05, 4.69) is 24.5 Å². The van der Waals surface area contributed by atoms with Gasteiger partial charge in [-0.15, -0.1) is 0 Å². The number of nitrogens with two attached hydrogens (primary N) is 1. The van der Waals surface area contributed by atoms with Crippen LogP contribution in [0.3, 0.4) is 0 Å². The molecule has 0 heterocycles. The molecule has 0 radical (unpaired) electrons. The first-order valence-corrected chi connectivity index (χ1v) is 18.5. The van der Waals surface area contributed by atoms with Crippen molar-refractivity contribution >= 4 is 40.9 Å². The van der Waals surface area contributed by atoms with Gasteiger partial charge in [-0.05, 0) is 116 Å². The molecule has 0 aromatic heterocycles. The number of carbonyl (C=O) groups excluding carboxylic acids is 1. The van der Waals surface area contributed by atoms with Gasteiger partial charge < -0.3 is 29.6 Å². The van der Waals surface area contributed by atoms with E-state index in [1.807, 2.05) is 60.0 Å². The summed E-state index contributed by atoms with van der Waals surface area (Å²) in [5.41, 5.74) is 10.5. The normalized spacial score (nSPS) is 13.3. The molecular weight excluding hydrogens is 655 g/mol. The molecule has 1 unspecified atom stereocenters. The molecule has 1 amide bonds. The van der Waals surface area contributed by atoms with Crippen LogP contribution in [-0.4, -0.2) is 68.9 Å². The lowest BCUT2D eigenvalue weighted by Gasteiger charge is -2.27. The number of aryl methyl sites for hydroxylation is 2. The lowest BCUT2D eigenvalue weighted by atomic mass is 9.97. The standard InChI is InChI=1S/C37H48Cl2N2O5S/c1-26-18-34(38)36(35(39)19-26)46-16-15-45-32-11-7-27(8-12-32)21-30(24-40)37(42)41(31-9-10-31)25-29-20-28(6-4-13-43-2)22-33(23-29)44-14-5-17-47-3/h7-8,11-12,18-20,22-23,30-31H,4-6,9-10,13-17,21,24-25,40H2,1-3H3. The summed E-state index contributed by atoms with van der Waals surface area (Å²) in [5.74, 6) is 2.90. The van der Waals surface area contributed by atoms with Gasteiger partial charge in [0.25, 0.3) is 0 Å². The maximum Gasteiger partial charge on any atom is 0.227 e. The second kappa shape index (κ2) is 19.4. The third-order valence-electron chi connectivity index (χ3n) is 8.01. The first kappa shape index (κ1) is 37.2. The molecule has 4 rings (SSSR count). The van der Waals surface area contributed by atoms with Gasteiger partial charge in [0.2, 0.25) is 5.91 Å². The maximum absolute atomic E-state index is 14.0. The van der Waals surface area contributed by atoms with E-state index in [-0.39, 0.29) is 24.4 Å². The van der Waals surface area contributed by atoms with Gasteiger partial charge >= 0.3 is 0 Å². The minimum absolute atomic E-state index is 0.105. The molecule has 1 aliphatic carbocycles. The van der Waals surface area contributed by atoms with Gasteiger partial charge in [-0.25, -0.2) is 0 Å². The number of nitrogens with zero attached hydrogens (tertiary/aromatic N) is 1. The van der Waals surface area contributed by atoms with E-state index in [0.717, 1.165) is 60.3 Å². The predicted octanol–water partition coefficient (Wildman–Crippen LogP) is 7.78. The summed E-state index contributed by atoms with van der Waals surface area (Å²) in [6.45, 7) is 4.77. The smallest absolute Gasteiger partial charge is 0.227 e. The lowest BCUT2D eigenvalue weighted by molar-refractivity contribution is -0.136. The lowest BCUT2D eigenvalue weighted by Crippen LogP contribution is -2.41. The van der Waals surface area contributed by atoms with Crippen LogP contribution >= 0.6 is 35.0 Å². The molecular formula is C37H48Cl2N2O5S. The molecule has 1 aliphatic rings. The van der Waals surface area contributed by atoms with Gasteiger partial charge in [0.15, 0.2) is 5.75 Å². The van der Waals surface area contributed by atoms with Crippen molar-refractivity contribution in [1.29, 1.82) is 0 Å². The largest absolute Gasteiger partial charge is 0.494 e. The number of halogens is 2. The van der Waals surface area contributed by atoms with Gasteiger partial charge in [-0.1, -0.05) is 41.4 Å². The van der Waals surface area contributed by atoms with Gasteiger partial charge in [0.05, 0.1) is 22.6 Å². The summed E-state index contributed by atoms with van der Waals surface area (Å²) in [7, 11) is 1.73. The zero-order valence-corrected chi connectivity index (χ0v) is 30.1. The van der Waals surface area contributed by atoms with Crippen LogP contribution in [0.25, 0.3) is 0 Å². The summed E-state index contributed by atoms with van der Waals surface area (Å²) < 4.78 is 23.0. The van der Waals surface area contributed by atoms with Gasteiger partial charge in [0.1, 0.15) is 24.7 Å². The molecule has 0 spiro atoms. The van der Waals surface area contributed by atoms with Crippen LogP contribution < -0.4 is 19.9 Å². The SMILES string of the molecule is COCCCc1cc(CN(C(=O)C(CN)Cc2ccc(OCCOc3c(Cl)cc(C)cc3Cl)cc2)C2CC2)cc(OCCCSC)c1. The molecule has 47 heavy (non-hydrogen) atoms. The molecule has 7 nitrogen and oxygen atoms in total. The predicted molar refractivity (Wildman–Crippen MR) is 194 cm³/mol. The molecule has 0 bridgehead atoms. The zero-order chi connectivity index (χ0) is 33.6. The van der Waals surface area contributed by atoms with Gasteiger partial charge in [0, 0.05) is 32.8 Å². The highest BCUT2D eigenvalue weighted by molar-refractivity contribution is 7.98. The van der Waals surface area contributed by atoms with Crippen LogP contribution in [0.2, 0.25) is 10.0 Å². The Morgan fingerprint density at radius 1 is 0.894 bits per heavy atom. The van der Waals surface area contributed by atoms with Gasteiger partial charge in [-0.3, -0.25) is 4.79 Å². The maximum atomic E-state index is 14.0. The number of thioether (sulfide) groups is 1. The average molecular weight is 704 g/mol. The van der Waals surface area contributed by atoms with E-state index in [4.69, 9.17) is 47.9 Å². The second-order valence-electron chi connectivity index (χ2n) is 12.0. The van der Waals surface area contributed by atoms with Crippen molar-refractivity contribution in [2.24, 2.45) is 11.7 Å². The minimum Gasteiger partial charge on any atom is -0.494 e. The highest BCUT2D eigenvalue weighted by Crippen LogP contribution is 2.34. The van der Waals surface area contributed by atoms with Crippen LogP contribution in [0.5, 0.6) is 17.2 Å². The Hall–Kier alpha value is -2.62. The monoisotopic (exact) mass is 702 g/mol. The van der Waals surface area contributed by atoms with E-state index < -0.39 is 0 Å². The van der Waals surface area contributed by atoms with Crippen molar-refractivity contribution in [1.82, 2.24) is 4.90 Å². The van der Waals surface area contributed by atoms with Crippen molar-refractivity contribution in [2.75, 3.05) is 52.1 Å². The molecule has 256 valence electrons. The number of methoxy groups -OCH3 is 1. The first-order chi connectivity index (χ1) is 22.8. The molecule has 1 saturated carbocycles. The number of rotatable bonds is 21. The molecule has 1 fully saturated rings. The number of hydrogen-bond acceptors (Lipinski definition) is 7. The summed E-state index contributed by atoms with van der Waals surface area (Å²) in [4.78, 5) is 16.0. The molecule has 3 aromatic carbocycles. The molecule has 3 aromatic rings. The summed E-state index contributed by atoms with van der Waals surface area (Å²) in [5, 5.41) is 0.955. The third kappa shape index (κ3) is 12.1. The first-order valence-electron chi connectivity index (χ1n) is 16.4. The fourth-order valence-corrected chi connectivity index (χ4v) is 6.58. The number of ether oxygens (including phenoxy) is 4. The molecule has 2 N–H and O–H groups in total. The fraction of sp³-hybridized carbons (Fsp3) is 0.486. The Bertz CT molecular complexity index is 1400. The van der Waals surface area contributed by atoms with Crippen molar-refractivity contribution in [2.45, 2.75) is 58.0 Å². The van der Waals surface area contributed by atoms with Crippen LogP contribution in [0.1, 0.15) is 47.9 Å². The van der Waals surface area contributed by atoms with Crippen molar-refractivity contribution in [3.8, 4) is 17.2 Å². The Morgan fingerprint density at radius 3 is 2.23 bits per heavy atom. The molecule has 0 aliphatic heterocycles. The number of hydrogen-bond donors (Lipinski definition) is 1. The minimum atomic E-state index is -0.313. The number of carbonyl (C=O) groups is 1. The summed E-state index contributed by atoms with van der Waals surface area (Å²) >= 11 is 14.4. The van der Waals surface area contributed by atoms with E-state index >= 15 is 0 Å². The van der Waals surface area contributed by atoms with Crippen LogP contribution in [-0.2, 0) is 28.9 Å². The van der Waals surface area contributed by atoms with E-state index in [0.29, 0.717) is 60.9 Å². The molecule has 10 heteroatoms. The van der Waals surface area contributed by atoms with Crippen LogP contribution in [0.4, 0.5) is 0 Å². The fourth-order valence-electron chi connectivity index (χ4n) is 5.47. The summed E-state index contributed by atoms with van der Waals surface area (Å²) in [6, 6.07) is 18.1. The Kier molecular flexibility index (Phi) is 15.4. The Morgan fingerprint density at radius 2 is 1.57 bits per heavy atom. The highest BCUT2D eigenvalue weighted by Gasteiger charge is 2.35. The van der Waals surface area contributed by atoms with Crippen molar-refractivity contribution in [3.63, 3.8) is 0 Å². The van der Waals surface area contributed by atoms with Crippen molar-refractivity contribution in [3.05, 3.63) is 86.9 Å². The topological polar surface area (TPSA) is 83.3 Å². The Labute approximate surface area is 294 Å². The van der Waals surface area contributed by atoms with Crippen LogP contribution in [0.15, 0.2) is 54.6 Å². The van der Waals surface area contributed by atoms with Gasteiger partial charge in [-0.2, -0.15) is 11.8 Å². The van der Waals surface area contributed by atoms with E-state index in [9.17, 15) is 4.79 Å². The zero-order valence-electron chi connectivity index (χ0n) is 27.8. The molecule has 1 atom stereocenters. The van der Waals surface area contributed by atoms with Crippen molar-refractivity contribution < 1.29 is 23.7 Å². The van der Waals surface area contributed by atoms with E-state index in [1.54, 1.807) is 7.11 Å².